The minimum absolute atomic E-state index is 0.0911. The zero-order chi connectivity index (χ0) is 14.0. The van der Waals surface area contributed by atoms with Crippen LogP contribution in [0.25, 0.3) is 0 Å². The van der Waals surface area contributed by atoms with Crippen LogP contribution in [0.15, 0.2) is 36.5 Å². The maximum atomic E-state index is 11.5. The van der Waals surface area contributed by atoms with Crippen LogP contribution in [0.5, 0.6) is 0 Å². The lowest BCUT2D eigenvalue weighted by molar-refractivity contribution is 0.108. The van der Waals surface area contributed by atoms with Crippen molar-refractivity contribution in [3.63, 3.8) is 0 Å². The quantitative estimate of drug-likeness (QED) is 0.536. The molecule has 0 amide bonds. The lowest BCUT2D eigenvalue weighted by Crippen LogP contribution is -2.11. The van der Waals surface area contributed by atoms with Gasteiger partial charge in [-0.15, -0.1) is 0 Å². The van der Waals surface area contributed by atoms with Crippen molar-refractivity contribution in [2.75, 3.05) is 5.73 Å². The van der Waals surface area contributed by atoms with E-state index in [0.29, 0.717) is 10.4 Å². The summed E-state index contributed by atoms with van der Waals surface area (Å²) < 4.78 is 0. The van der Waals surface area contributed by atoms with Gasteiger partial charge in [0.25, 0.3) is 5.24 Å². The lowest BCUT2D eigenvalue weighted by Gasteiger charge is -2.11. The van der Waals surface area contributed by atoms with Crippen LogP contribution in [0.3, 0.4) is 0 Å². The topological polar surface area (TPSA) is 56.0 Å². The second-order valence-electron chi connectivity index (χ2n) is 4.04. The maximum Gasteiger partial charge on any atom is 0.256 e. The average molecular weight is 291 g/mol. The Kier molecular flexibility index (Phi) is 3.93. The molecule has 0 bridgehead atoms. The first-order chi connectivity index (χ1) is 9.02. The Hall–Kier alpha value is -1.78. The predicted molar refractivity (Wildman–Crippen MR) is 80.8 cm³/mol. The summed E-state index contributed by atoms with van der Waals surface area (Å²) in [6, 6.07) is 9.32. The first-order valence-corrected chi connectivity index (χ1v) is 6.35. The van der Waals surface area contributed by atoms with Gasteiger partial charge in [0, 0.05) is 11.8 Å². The Morgan fingerprint density at radius 3 is 2.58 bits per heavy atom. The highest BCUT2D eigenvalue weighted by Crippen LogP contribution is 2.22. The number of anilines is 1. The number of benzene rings is 1. The second-order valence-corrected chi connectivity index (χ2v) is 4.79. The van der Waals surface area contributed by atoms with Crippen molar-refractivity contribution in [2.45, 2.75) is 6.92 Å². The fraction of sp³-hybridized carbons (Fsp3) is 0.0714. The number of nitrogens with two attached hydrogens (primary N) is 1. The van der Waals surface area contributed by atoms with Crippen LogP contribution in [0.2, 0.25) is 0 Å². The number of hydrogen-bond donors (Lipinski definition) is 1. The molecule has 0 fully saturated rings. The normalized spacial score (nSPS) is 10.2. The fourth-order valence-corrected chi connectivity index (χ4v) is 2.44. The minimum atomic E-state index is -0.656. The molecule has 0 saturated heterocycles. The van der Waals surface area contributed by atoms with Crippen LogP contribution >= 0.6 is 23.8 Å². The first kappa shape index (κ1) is 13.6. The molecule has 1 heterocycles. The molecule has 19 heavy (non-hydrogen) atoms. The fourth-order valence-electron chi connectivity index (χ4n) is 1.85. The molecule has 0 aliphatic carbocycles. The van der Waals surface area contributed by atoms with Crippen LogP contribution < -0.4 is 5.73 Å². The van der Waals surface area contributed by atoms with E-state index in [1.807, 2.05) is 31.2 Å². The monoisotopic (exact) mass is 290 g/mol. The van der Waals surface area contributed by atoms with Crippen LogP contribution in [0.1, 0.15) is 27.0 Å². The molecule has 96 valence electrons. The van der Waals surface area contributed by atoms with Crippen LogP contribution in [-0.4, -0.2) is 15.1 Å². The third-order valence-corrected chi connectivity index (χ3v) is 3.44. The van der Waals surface area contributed by atoms with Gasteiger partial charge < -0.3 is 5.73 Å². The minimum Gasteiger partial charge on any atom is -0.383 e. The Morgan fingerprint density at radius 1 is 1.26 bits per heavy atom. The lowest BCUT2D eigenvalue weighted by atomic mass is 9.98. The third kappa shape index (κ3) is 2.64. The SMILES string of the molecule is Cc1ccccc1C(=S)c1ccnc(N)c1C(=O)Cl. The summed E-state index contributed by atoms with van der Waals surface area (Å²) in [7, 11) is 0. The van der Waals surface area contributed by atoms with Gasteiger partial charge in [-0.3, -0.25) is 4.79 Å². The van der Waals surface area contributed by atoms with E-state index in [4.69, 9.17) is 29.6 Å². The largest absolute Gasteiger partial charge is 0.383 e. The van der Waals surface area contributed by atoms with E-state index in [1.54, 1.807) is 6.07 Å². The molecule has 0 aliphatic rings. The Balaban J connectivity index is 2.60. The molecule has 0 radical (unpaired) electrons. The van der Waals surface area contributed by atoms with Gasteiger partial charge in [0.15, 0.2) is 0 Å². The highest BCUT2D eigenvalue weighted by Gasteiger charge is 2.18. The highest BCUT2D eigenvalue weighted by atomic mass is 35.5. The molecular formula is C14H11ClN2OS. The van der Waals surface area contributed by atoms with Crippen molar-refractivity contribution < 1.29 is 4.79 Å². The zero-order valence-corrected chi connectivity index (χ0v) is 11.8. The number of nitrogens with zero attached hydrogens (tertiary/aromatic N) is 1. The van der Waals surface area contributed by atoms with Crippen LogP contribution in [0, 0.1) is 6.92 Å². The van der Waals surface area contributed by atoms with Crippen molar-refractivity contribution in [3.8, 4) is 0 Å². The molecule has 3 nitrogen and oxygen atoms in total. The number of nitrogen functional groups attached to an aromatic ring is 1. The van der Waals surface area contributed by atoms with Gasteiger partial charge in [0.05, 0.1) is 10.4 Å². The van der Waals surface area contributed by atoms with Gasteiger partial charge in [0.2, 0.25) is 0 Å². The number of pyridine rings is 1. The van der Waals surface area contributed by atoms with Crippen molar-refractivity contribution in [1.82, 2.24) is 4.98 Å². The summed E-state index contributed by atoms with van der Waals surface area (Å²) >= 11 is 11.0. The number of halogens is 1. The molecular weight excluding hydrogens is 280 g/mol. The molecule has 0 atom stereocenters. The van der Waals surface area contributed by atoms with Gasteiger partial charge in [0.1, 0.15) is 5.82 Å². The Morgan fingerprint density at radius 2 is 1.95 bits per heavy atom. The highest BCUT2D eigenvalue weighted by molar-refractivity contribution is 7.81. The van der Waals surface area contributed by atoms with Crippen molar-refractivity contribution >= 4 is 39.7 Å². The zero-order valence-electron chi connectivity index (χ0n) is 10.2. The molecule has 1 aromatic heterocycles. The predicted octanol–water partition coefficient (Wildman–Crippen LogP) is 3.12. The van der Waals surface area contributed by atoms with Crippen LogP contribution in [0.4, 0.5) is 5.82 Å². The van der Waals surface area contributed by atoms with Gasteiger partial charge >= 0.3 is 0 Å². The first-order valence-electron chi connectivity index (χ1n) is 5.57. The standard InChI is InChI=1S/C14H11ClN2OS/c1-8-4-2-3-5-9(8)12(19)10-6-7-17-14(16)11(10)13(15)18/h2-7H,1H3,(H2,16,17). The molecule has 1 aromatic carbocycles. The average Bonchev–Trinajstić information content (AvgIpc) is 2.37. The van der Waals surface area contributed by atoms with Crippen LogP contribution in [-0.2, 0) is 0 Å². The number of aromatic nitrogens is 1. The van der Waals surface area contributed by atoms with E-state index in [9.17, 15) is 4.79 Å². The maximum absolute atomic E-state index is 11.5. The summed E-state index contributed by atoms with van der Waals surface area (Å²) in [5.74, 6) is 0.0911. The van der Waals surface area contributed by atoms with E-state index < -0.39 is 5.24 Å². The van der Waals surface area contributed by atoms with E-state index in [2.05, 4.69) is 4.98 Å². The molecule has 0 aliphatic heterocycles. The number of carbonyl (C=O) groups is 1. The molecule has 0 unspecified atom stereocenters. The summed E-state index contributed by atoms with van der Waals surface area (Å²) in [6.45, 7) is 1.95. The number of thiocarbonyl (C=S) groups is 1. The Bertz CT molecular complexity index is 670. The van der Waals surface area contributed by atoms with Crippen molar-refractivity contribution in [2.24, 2.45) is 0 Å². The third-order valence-electron chi connectivity index (χ3n) is 2.81. The summed E-state index contributed by atoms with van der Waals surface area (Å²) in [4.78, 5) is 15.9. The number of rotatable bonds is 3. The van der Waals surface area contributed by atoms with Gasteiger partial charge in [-0.25, -0.2) is 4.98 Å². The molecule has 0 saturated carbocycles. The van der Waals surface area contributed by atoms with E-state index in [1.165, 1.54) is 6.20 Å². The smallest absolute Gasteiger partial charge is 0.256 e. The van der Waals surface area contributed by atoms with E-state index >= 15 is 0 Å². The molecule has 0 spiro atoms. The van der Waals surface area contributed by atoms with E-state index in [-0.39, 0.29) is 11.4 Å². The van der Waals surface area contributed by atoms with Gasteiger partial charge in [-0.05, 0) is 35.7 Å². The Labute approximate surface area is 121 Å². The summed E-state index contributed by atoms with van der Waals surface area (Å²) in [5, 5.41) is -0.656. The van der Waals surface area contributed by atoms with Crippen molar-refractivity contribution in [3.05, 3.63) is 58.8 Å². The molecule has 5 heteroatoms. The van der Waals surface area contributed by atoms with E-state index in [0.717, 1.165) is 11.1 Å². The second kappa shape index (κ2) is 5.47. The van der Waals surface area contributed by atoms with Gasteiger partial charge in [-0.1, -0.05) is 36.5 Å². The number of carbonyl (C=O) groups excluding carboxylic acids is 1. The van der Waals surface area contributed by atoms with Crippen molar-refractivity contribution in [1.29, 1.82) is 0 Å². The number of hydrogen-bond acceptors (Lipinski definition) is 4. The summed E-state index contributed by atoms with van der Waals surface area (Å²) in [6.07, 6.45) is 1.51. The summed E-state index contributed by atoms with van der Waals surface area (Å²) in [5.41, 5.74) is 8.30. The molecule has 2 aromatic rings. The number of aryl methyl sites for hydroxylation is 1. The molecule has 2 rings (SSSR count). The van der Waals surface area contributed by atoms with Gasteiger partial charge in [-0.2, -0.15) is 0 Å². The molecule has 2 N–H and O–H groups in total.